The number of rotatable bonds is 4. The molecule has 0 unspecified atom stereocenters. The number of benzene rings is 1. The zero-order valence-corrected chi connectivity index (χ0v) is 11.9. The number of carbonyl (C=O) groups excluding carboxylic acids is 2. The highest BCUT2D eigenvalue weighted by molar-refractivity contribution is 7.80. The normalized spacial score (nSPS) is 14.9. The fraction of sp³-hybridized carbons (Fsp3) is 0.214. The van der Waals surface area contributed by atoms with Gasteiger partial charge in [-0.1, -0.05) is 18.2 Å². The van der Waals surface area contributed by atoms with Crippen molar-refractivity contribution in [2.75, 3.05) is 18.4 Å². The van der Waals surface area contributed by atoms with Crippen LogP contribution in [0.5, 0.6) is 0 Å². The second-order valence-electron chi connectivity index (χ2n) is 4.34. The number of nitrogens with one attached hydrogen (secondary N) is 2. The van der Waals surface area contributed by atoms with Crippen LogP contribution in [0.3, 0.4) is 0 Å². The molecule has 1 aromatic carbocycles. The van der Waals surface area contributed by atoms with Crippen molar-refractivity contribution in [1.29, 1.82) is 0 Å². The Hall–Kier alpha value is -2.21. The van der Waals surface area contributed by atoms with Gasteiger partial charge in [0.2, 0.25) is 0 Å². The van der Waals surface area contributed by atoms with Crippen molar-refractivity contribution in [3.05, 3.63) is 42.1 Å². The molecule has 104 valence electrons. The standard InChI is InChI=1S/C14H15N3O2S/c1-10(18)12(9-17-8-7-15-14(17)20)13(19)16-11-5-3-2-4-6-11/h2-6,9H,7-8H2,1H3,(H,15,20)(H,16,19)/b12-9-. The molecule has 20 heavy (non-hydrogen) atoms. The van der Waals surface area contributed by atoms with Gasteiger partial charge in [-0.05, 0) is 31.3 Å². The topological polar surface area (TPSA) is 61.4 Å². The van der Waals surface area contributed by atoms with E-state index in [1.165, 1.54) is 13.1 Å². The number of nitrogens with zero attached hydrogens (tertiary/aromatic N) is 1. The van der Waals surface area contributed by atoms with Crippen LogP contribution in [-0.4, -0.2) is 34.8 Å². The molecule has 1 heterocycles. The lowest BCUT2D eigenvalue weighted by Crippen LogP contribution is -2.27. The SMILES string of the molecule is CC(=O)/C(=C/N1CCNC1=S)C(=O)Nc1ccccc1. The van der Waals surface area contributed by atoms with Crippen LogP contribution >= 0.6 is 12.2 Å². The molecule has 0 radical (unpaired) electrons. The van der Waals surface area contributed by atoms with Crippen molar-refractivity contribution in [2.24, 2.45) is 0 Å². The third-order valence-corrected chi connectivity index (χ3v) is 3.21. The van der Waals surface area contributed by atoms with Gasteiger partial charge in [0.05, 0.1) is 5.57 Å². The molecule has 0 saturated carbocycles. The van der Waals surface area contributed by atoms with Crippen molar-refractivity contribution in [3.8, 4) is 0 Å². The Balaban J connectivity index is 2.16. The number of ketones is 1. The maximum atomic E-state index is 12.2. The van der Waals surface area contributed by atoms with Crippen molar-refractivity contribution in [1.82, 2.24) is 10.2 Å². The molecule has 1 aliphatic heterocycles. The third-order valence-electron chi connectivity index (χ3n) is 2.83. The molecule has 0 atom stereocenters. The summed E-state index contributed by atoms with van der Waals surface area (Å²) in [6.45, 7) is 2.72. The fourth-order valence-corrected chi connectivity index (χ4v) is 2.04. The summed E-state index contributed by atoms with van der Waals surface area (Å²) in [6, 6.07) is 9.00. The first-order valence-electron chi connectivity index (χ1n) is 6.21. The van der Waals surface area contributed by atoms with Crippen LogP contribution in [0.25, 0.3) is 0 Å². The summed E-state index contributed by atoms with van der Waals surface area (Å²) in [4.78, 5) is 25.5. The number of hydrogen-bond acceptors (Lipinski definition) is 3. The van der Waals surface area contributed by atoms with Gasteiger partial charge < -0.3 is 15.5 Å². The molecule has 1 fully saturated rings. The first kappa shape index (κ1) is 14.2. The quantitative estimate of drug-likeness (QED) is 0.378. The van der Waals surface area contributed by atoms with Gasteiger partial charge in [0, 0.05) is 25.0 Å². The molecule has 0 aromatic heterocycles. The highest BCUT2D eigenvalue weighted by atomic mass is 32.1. The van der Waals surface area contributed by atoms with E-state index < -0.39 is 5.91 Å². The minimum Gasteiger partial charge on any atom is -0.360 e. The van der Waals surface area contributed by atoms with E-state index in [0.29, 0.717) is 23.9 Å². The number of amides is 1. The molecule has 1 amide bonds. The highest BCUT2D eigenvalue weighted by Crippen LogP contribution is 2.10. The van der Waals surface area contributed by atoms with Crippen LogP contribution < -0.4 is 10.6 Å². The largest absolute Gasteiger partial charge is 0.360 e. The highest BCUT2D eigenvalue weighted by Gasteiger charge is 2.20. The van der Waals surface area contributed by atoms with Crippen LogP contribution in [0.15, 0.2) is 42.1 Å². The van der Waals surface area contributed by atoms with Gasteiger partial charge in [-0.15, -0.1) is 0 Å². The lowest BCUT2D eigenvalue weighted by molar-refractivity contribution is -0.119. The fourth-order valence-electron chi connectivity index (χ4n) is 1.79. The maximum Gasteiger partial charge on any atom is 0.260 e. The van der Waals surface area contributed by atoms with Crippen molar-refractivity contribution < 1.29 is 9.59 Å². The molecule has 1 aliphatic rings. The summed E-state index contributed by atoms with van der Waals surface area (Å²) >= 11 is 5.09. The molecule has 1 saturated heterocycles. The predicted molar refractivity (Wildman–Crippen MR) is 81.1 cm³/mol. The van der Waals surface area contributed by atoms with Crippen LogP contribution in [0, 0.1) is 0 Å². The Bertz CT molecular complexity index is 569. The molecule has 6 heteroatoms. The second-order valence-corrected chi connectivity index (χ2v) is 4.73. The second kappa shape index (κ2) is 6.29. The summed E-state index contributed by atoms with van der Waals surface area (Å²) < 4.78 is 0. The Labute approximate surface area is 122 Å². The Morgan fingerprint density at radius 2 is 2.05 bits per heavy atom. The van der Waals surface area contributed by atoms with E-state index >= 15 is 0 Å². The average molecular weight is 289 g/mol. The lowest BCUT2D eigenvalue weighted by atomic mass is 10.1. The van der Waals surface area contributed by atoms with E-state index in [1.54, 1.807) is 17.0 Å². The van der Waals surface area contributed by atoms with Gasteiger partial charge in [0.1, 0.15) is 0 Å². The van der Waals surface area contributed by atoms with Crippen molar-refractivity contribution >= 4 is 34.7 Å². The number of carbonyl (C=O) groups is 2. The molecule has 2 N–H and O–H groups in total. The minimum absolute atomic E-state index is 0.0832. The molecular formula is C14H15N3O2S. The average Bonchev–Trinajstić information content (AvgIpc) is 2.82. The zero-order chi connectivity index (χ0) is 14.5. The van der Waals surface area contributed by atoms with Crippen LogP contribution in [-0.2, 0) is 9.59 Å². The molecule has 0 bridgehead atoms. The first-order valence-corrected chi connectivity index (χ1v) is 6.62. The van der Waals surface area contributed by atoms with Gasteiger partial charge in [0.15, 0.2) is 10.9 Å². The molecule has 0 spiro atoms. The third kappa shape index (κ3) is 3.42. The molecular weight excluding hydrogens is 274 g/mol. The monoisotopic (exact) mass is 289 g/mol. The first-order chi connectivity index (χ1) is 9.58. The Morgan fingerprint density at radius 1 is 1.35 bits per heavy atom. The Morgan fingerprint density at radius 3 is 2.60 bits per heavy atom. The van der Waals surface area contributed by atoms with Crippen LogP contribution in [0.2, 0.25) is 0 Å². The minimum atomic E-state index is -0.432. The van der Waals surface area contributed by atoms with E-state index in [-0.39, 0.29) is 11.4 Å². The lowest BCUT2D eigenvalue weighted by Gasteiger charge is -2.13. The predicted octanol–water partition coefficient (Wildman–Crippen LogP) is 1.29. The number of hydrogen-bond donors (Lipinski definition) is 2. The summed E-state index contributed by atoms with van der Waals surface area (Å²) in [5.74, 6) is -0.730. The maximum absolute atomic E-state index is 12.2. The van der Waals surface area contributed by atoms with Gasteiger partial charge >= 0.3 is 0 Å². The van der Waals surface area contributed by atoms with Crippen molar-refractivity contribution in [2.45, 2.75) is 6.92 Å². The smallest absolute Gasteiger partial charge is 0.260 e. The van der Waals surface area contributed by atoms with E-state index in [1.807, 2.05) is 18.2 Å². The summed E-state index contributed by atoms with van der Waals surface area (Å²) in [6.07, 6.45) is 1.50. The van der Waals surface area contributed by atoms with Gasteiger partial charge in [-0.25, -0.2) is 0 Å². The summed E-state index contributed by atoms with van der Waals surface area (Å²) in [7, 11) is 0. The van der Waals surface area contributed by atoms with Crippen LogP contribution in [0.4, 0.5) is 5.69 Å². The van der Waals surface area contributed by atoms with Crippen LogP contribution in [0.1, 0.15) is 6.92 Å². The number of anilines is 1. The van der Waals surface area contributed by atoms with Gasteiger partial charge in [-0.2, -0.15) is 0 Å². The number of thiocarbonyl (C=S) groups is 1. The number of Topliss-reactive ketones (excluding diaryl/α,β-unsaturated/α-hetero) is 1. The number of para-hydroxylation sites is 1. The molecule has 2 rings (SSSR count). The van der Waals surface area contributed by atoms with E-state index in [9.17, 15) is 9.59 Å². The molecule has 0 aliphatic carbocycles. The summed E-state index contributed by atoms with van der Waals surface area (Å²) in [5.41, 5.74) is 0.728. The van der Waals surface area contributed by atoms with E-state index in [0.717, 1.165) is 0 Å². The Kier molecular flexibility index (Phi) is 4.47. The van der Waals surface area contributed by atoms with Crippen molar-refractivity contribution in [3.63, 3.8) is 0 Å². The van der Waals surface area contributed by atoms with E-state index in [4.69, 9.17) is 12.2 Å². The van der Waals surface area contributed by atoms with Gasteiger partial charge in [-0.3, -0.25) is 9.59 Å². The van der Waals surface area contributed by atoms with E-state index in [2.05, 4.69) is 10.6 Å². The zero-order valence-electron chi connectivity index (χ0n) is 11.1. The molecule has 5 nitrogen and oxygen atoms in total. The molecule has 1 aromatic rings. The summed E-state index contributed by atoms with van der Waals surface area (Å²) in [5, 5.41) is 6.19. The van der Waals surface area contributed by atoms with Gasteiger partial charge in [0.25, 0.3) is 5.91 Å².